The van der Waals surface area contributed by atoms with Crippen molar-refractivity contribution in [3.8, 4) is 0 Å². The Labute approximate surface area is 132 Å². The summed E-state index contributed by atoms with van der Waals surface area (Å²) in [6.45, 7) is 0.289. The standard InChI is InChI=1S/C15H12ClNO2S2/c16-14-7-8-15(13-6-2-1-5-12(13)14)21(18,19)17-10-11-4-3-9-20-11/h1-9,17H,10H2. The average Bonchev–Trinajstić information content (AvgIpc) is 2.99. The minimum Gasteiger partial charge on any atom is -0.207 e. The summed E-state index contributed by atoms with van der Waals surface area (Å²) in [7, 11) is -3.58. The normalized spacial score (nSPS) is 11.9. The maximum absolute atomic E-state index is 12.5. The third-order valence-corrected chi connectivity index (χ3v) is 5.80. The summed E-state index contributed by atoms with van der Waals surface area (Å²) in [4.78, 5) is 1.22. The Morgan fingerprint density at radius 2 is 1.76 bits per heavy atom. The minimum absolute atomic E-state index is 0.249. The van der Waals surface area contributed by atoms with Crippen molar-refractivity contribution in [3.63, 3.8) is 0 Å². The molecule has 0 fully saturated rings. The molecule has 21 heavy (non-hydrogen) atoms. The lowest BCUT2D eigenvalue weighted by molar-refractivity contribution is 0.583. The molecule has 0 aliphatic rings. The van der Waals surface area contributed by atoms with E-state index in [1.54, 1.807) is 24.3 Å². The molecule has 0 aliphatic carbocycles. The van der Waals surface area contributed by atoms with Crippen molar-refractivity contribution in [1.82, 2.24) is 4.72 Å². The number of halogens is 1. The summed E-state index contributed by atoms with van der Waals surface area (Å²) in [6.07, 6.45) is 0. The highest BCUT2D eigenvalue weighted by molar-refractivity contribution is 7.89. The quantitative estimate of drug-likeness (QED) is 0.781. The Bertz CT molecular complexity index is 874. The largest absolute Gasteiger partial charge is 0.241 e. The smallest absolute Gasteiger partial charge is 0.207 e. The fraction of sp³-hybridized carbons (Fsp3) is 0.0667. The van der Waals surface area contributed by atoms with Gasteiger partial charge in [-0.3, -0.25) is 0 Å². The summed E-state index contributed by atoms with van der Waals surface area (Å²) in [6, 6.07) is 14.2. The molecule has 2 aromatic carbocycles. The molecule has 0 saturated carbocycles. The van der Waals surface area contributed by atoms with Gasteiger partial charge in [-0.1, -0.05) is 41.9 Å². The van der Waals surface area contributed by atoms with E-state index in [0.717, 1.165) is 10.3 Å². The highest BCUT2D eigenvalue weighted by Crippen LogP contribution is 2.29. The van der Waals surface area contributed by atoms with Crippen LogP contribution in [0, 0.1) is 0 Å². The molecule has 1 heterocycles. The first-order chi connectivity index (χ1) is 10.1. The Hall–Kier alpha value is -1.40. The maximum atomic E-state index is 12.5. The molecule has 0 amide bonds. The van der Waals surface area contributed by atoms with E-state index < -0.39 is 10.0 Å². The van der Waals surface area contributed by atoms with E-state index >= 15 is 0 Å². The molecular formula is C15H12ClNO2S2. The van der Waals surface area contributed by atoms with Gasteiger partial charge >= 0.3 is 0 Å². The molecule has 0 radical (unpaired) electrons. The minimum atomic E-state index is -3.58. The number of hydrogen-bond acceptors (Lipinski definition) is 3. The zero-order chi connectivity index (χ0) is 14.9. The molecular weight excluding hydrogens is 326 g/mol. The van der Waals surface area contributed by atoms with Crippen LogP contribution in [0.2, 0.25) is 5.02 Å². The molecule has 3 aromatic rings. The molecule has 0 unspecified atom stereocenters. The van der Waals surface area contributed by atoms with Crippen LogP contribution in [0.4, 0.5) is 0 Å². The van der Waals surface area contributed by atoms with Crippen molar-refractivity contribution in [2.24, 2.45) is 0 Å². The van der Waals surface area contributed by atoms with Crippen LogP contribution in [-0.2, 0) is 16.6 Å². The molecule has 0 saturated heterocycles. The third kappa shape index (κ3) is 2.96. The van der Waals surface area contributed by atoms with Gasteiger partial charge in [0.15, 0.2) is 0 Å². The summed E-state index contributed by atoms with van der Waals surface area (Å²) in [5, 5.41) is 3.83. The molecule has 0 aliphatic heterocycles. The van der Waals surface area contributed by atoms with E-state index in [9.17, 15) is 8.42 Å². The van der Waals surface area contributed by atoms with Crippen LogP contribution in [0.25, 0.3) is 10.8 Å². The van der Waals surface area contributed by atoms with Crippen LogP contribution < -0.4 is 4.72 Å². The Morgan fingerprint density at radius 3 is 2.48 bits per heavy atom. The second-order valence-corrected chi connectivity index (χ2v) is 7.67. The first-order valence-corrected chi connectivity index (χ1v) is 9.01. The first kappa shape index (κ1) is 14.5. The number of benzene rings is 2. The molecule has 0 bridgehead atoms. The van der Waals surface area contributed by atoms with Gasteiger partial charge in [0, 0.05) is 27.2 Å². The predicted molar refractivity (Wildman–Crippen MR) is 87.3 cm³/mol. The molecule has 1 N–H and O–H groups in total. The number of hydrogen-bond donors (Lipinski definition) is 1. The lowest BCUT2D eigenvalue weighted by Crippen LogP contribution is -2.23. The van der Waals surface area contributed by atoms with Gasteiger partial charge in [-0.05, 0) is 23.6 Å². The lowest BCUT2D eigenvalue weighted by atomic mass is 10.1. The van der Waals surface area contributed by atoms with Crippen LogP contribution in [0.3, 0.4) is 0 Å². The van der Waals surface area contributed by atoms with Gasteiger partial charge < -0.3 is 0 Å². The van der Waals surface area contributed by atoms with Crippen LogP contribution in [0.1, 0.15) is 4.88 Å². The first-order valence-electron chi connectivity index (χ1n) is 6.27. The molecule has 108 valence electrons. The lowest BCUT2D eigenvalue weighted by Gasteiger charge is -2.10. The van der Waals surface area contributed by atoms with Gasteiger partial charge in [0.1, 0.15) is 0 Å². The van der Waals surface area contributed by atoms with Crippen molar-refractivity contribution in [3.05, 3.63) is 63.8 Å². The molecule has 1 aromatic heterocycles. The average molecular weight is 338 g/mol. The zero-order valence-corrected chi connectivity index (χ0v) is 13.3. The van der Waals surface area contributed by atoms with Crippen LogP contribution in [-0.4, -0.2) is 8.42 Å². The summed E-state index contributed by atoms with van der Waals surface area (Å²) in [5.74, 6) is 0. The van der Waals surface area contributed by atoms with Gasteiger partial charge in [0.05, 0.1) is 4.90 Å². The third-order valence-electron chi connectivity index (χ3n) is 3.14. The monoisotopic (exact) mass is 337 g/mol. The van der Waals surface area contributed by atoms with E-state index in [1.165, 1.54) is 11.3 Å². The fourth-order valence-corrected chi connectivity index (χ4v) is 4.31. The Morgan fingerprint density at radius 1 is 1.00 bits per heavy atom. The number of sulfonamides is 1. The van der Waals surface area contributed by atoms with E-state index in [2.05, 4.69) is 4.72 Å². The van der Waals surface area contributed by atoms with Crippen molar-refractivity contribution in [2.75, 3.05) is 0 Å². The number of rotatable bonds is 4. The van der Waals surface area contributed by atoms with E-state index in [-0.39, 0.29) is 11.4 Å². The summed E-state index contributed by atoms with van der Waals surface area (Å²) in [5.41, 5.74) is 0. The van der Waals surface area contributed by atoms with E-state index in [4.69, 9.17) is 11.6 Å². The summed E-state index contributed by atoms with van der Waals surface area (Å²) >= 11 is 7.64. The van der Waals surface area contributed by atoms with Gasteiger partial charge in [-0.15, -0.1) is 11.3 Å². The van der Waals surface area contributed by atoms with E-state index in [0.29, 0.717) is 10.4 Å². The summed E-state index contributed by atoms with van der Waals surface area (Å²) < 4.78 is 27.6. The zero-order valence-electron chi connectivity index (χ0n) is 10.9. The van der Waals surface area contributed by atoms with Crippen LogP contribution in [0.5, 0.6) is 0 Å². The predicted octanol–water partition coefficient (Wildman–Crippen LogP) is 4.03. The highest BCUT2D eigenvalue weighted by Gasteiger charge is 2.18. The fourth-order valence-electron chi connectivity index (χ4n) is 2.13. The topological polar surface area (TPSA) is 46.2 Å². The molecule has 0 atom stereocenters. The van der Waals surface area contributed by atoms with E-state index in [1.807, 2.05) is 29.6 Å². The van der Waals surface area contributed by atoms with Crippen molar-refractivity contribution < 1.29 is 8.42 Å². The second kappa shape index (κ2) is 5.77. The number of thiophene rings is 1. The van der Waals surface area contributed by atoms with Crippen molar-refractivity contribution >= 4 is 43.7 Å². The maximum Gasteiger partial charge on any atom is 0.241 e. The molecule has 0 spiro atoms. The molecule has 3 rings (SSSR count). The molecule has 6 heteroatoms. The van der Waals surface area contributed by atoms with Crippen molar-refractivity contribution in [2.45, 2.75) is 11.4 Å². The Balaban J connectivity index is 2.01. The van der Waals surface area contributed by atoms with Crippen LogP contribution in [0.15, 0.2) is 58.8 Å². The molecule has 3 nitrogen and oxygen atoms in total. The number of fused-ring (bicyclic) bond motifs is 1. The van der Waals surface area contributed by atoms with Gasteiger partial charge in [-0.25, -0.2) is 13.1 Å². The van der Waals surface area contributed by atoms with Crippen molar-refractivity contribution in [1.29, 1.82) is 0 Å². The van der Waals surface area contributed by atoms with Gasteiger partial charge in [0.2, 0.25) is 10.0 Å². The number of nitrogens with one attached hydrogen (secondary N) is 1. The second-order valence-electron chi connectivity index (χ2n) is 4.50. The Kier molecular flexibility index (Phi) is 3.99. The SMILES string of the molecule is O=S(=O)(NCc1cccs1)c1ccc(Cl)c2ccccc12. The van der Waals surface area contributed by atoms with Crippen LogP contribution >= 0.6 is 22.9 Å². The van der Waals surface area contributed by atoms with Gasteiger partial charge in [-0.2, -0.15) is 0 Å². The highest BCUT2D eigenvalue weighted by atomic mass is 35.5. The van der Waals surface area contributed by atoms with Gasteiger partial charge in [0.25, 0.3) is 0 Å².